The SMILES string of the molecule is CC(C)(C)OC(=O)N1CCSCCC1C(N)=N[C@@H](Cc1ccc(NC(=O)c2c(Cl)cccc2Cl)cc1)C(=O)O. The molecule has 39 heavy (non-hydrogen) atoms. The first kappa shape index (κ1) is 30.6. The molecule has 2 amide bonds. The zero-order valence-corrected chi connectivity index (χ0v) is 24.3. The first-order chi connectivity index (χ1) is 18.4. The molecule has 0 saturated carbocycles. The smallest absolute Gasteiger partial charge is 0.410 e. The van der Waals surface area contributed by atoms with E-state index >= 15 is 0 Å². The van der Waals surface area contributed by atoms with Crippen molar-refractivity contribution in [2.24, 2.45) is 10.7 Å². The second kappa shape index (κ2) is 13.4. The first-order valence-electron chi connectivity index (χ1n) is 12.3. The molecule has 0 aromatic heterocycles. The van der Waals surface area contributed by atoms with Crippen LogP contribution in [0.25, 0.3) is 0 Å². The van der Waals surface area contributed by atoms with Gasteiger partial charge in [-0.1, -0.05) is 41.4 Å². The number of thioether (sulfide) groups is 1. The summed E-state index contributed by atoms with van der Waals surface area (Å²) in [6.07, 6.45) is 0.0972. The molecule has 1 aliphatic rings. The van der Waals surface area contributed by atoms with Crippen molar-refractivity contribution >= 4 is 64.5 Å². The number of amidine groups is 1. The highest BCUT2D eigenvalue weighted by Gasteiger charge is 2.32. The third kappa shape index (κ3) is 8.78. The normalized spacial score (nSPS) is 17.2. The van der Waals surface area contributed by atoms with Crippen LogP contribution in [0, 0.1) is 0 Å². The fourth-order valence-electron chi connectivity index (χ4n) is 3.93. The zero-order chi connectivity index (χ0) is 28.7. The van der Waals surface area contributed by atoms with Gasteiger partial charge in [-0.15, -0.1) is 0 Å². The highest BCUT2D eigenvalue weighted by molar-refractivity contribution is 7.99. The van der Waals surface area contributed by atoms with Crippen LogP contribution >= 0.6 is 35.0 Å². The number of hydrogen-bond donors (Lipinski definition) is 3. The fraction of sp³-hybridized carbons (Fsp3) is 0.407. The van der Waals surface area contributed by atoms with Gasteiger partial charge in [-0.05, 0) is 62.8 Å². The van der Waals surface area contributed by atoms with Crippen molar-refractivity contribution in [3.05, 3.63) is 63.6 Å². The molecule has 0 radical (unpaired) electrons. The average Bonchev–Trinajstić information content (AvgIpc) is 3.10. The van der Waals surface area contributed by atoms with Gasteiger partial charge in [0.15, 0.2) is 6.04 Å². The van der Waals surface area contributed by atoms with E-state index in [0.29, 0.717) is 24.2 Å². The van der Waals surface area contributed by atoms with Crippen molar-refractivity contribution < 1.29 is 24.2 Å². The molecular weight excluding hydrogens is 563 g/mol. The second-order valence-corrected chi connectivity index (χ2v) is 12.0. The molecule has 0 spiro atoms. The molecule has 2 aromatic rings. The van der Waals surface area contributed by atoms with Crippen molar-refractivity contribution in [2.45, 2.75) is 51.3 Å². The third-order valence-electron chi connectivity index (χ3n) is 5.78. The Bertz CT molecular complexity index is 1210. The molecule has 12 heteroatoms. The Morgan fingerprint density at radius 2 is 1.79 bits per heavy atom. The number of carbonyl (C=O) groups is 3. The van der Waals surface area contributed by atoms with E-state index in [0.717, 1.165) is 11.5 Å². The number of amides is 2. The summed E-state index contributed by atoms with van der Waals surface area (Å²) in [6, 6.07) is 9.76. The third-order valence-corrected chi connectivity index (χ3v) is 7.40. The van der Waals surface area contributed by atoms with Crippen LogP contribution in [-0.2, 0) is 16.0 Å². The van der Waals surface area contributed by atoms with Crippen molar-refractivity contribution in [1.82, 2.24) is 4.90 Å². The Hall–Kier alpha value is -2.95. The van der Waals surface area contributed by atoms with Crippen molar-refractivity contribution in [1.29, 1.82) is 0 Å². The molecular formula is C27H32Cl2N4O5S. The van der Waals surface area contributed by atoms with Gasteiger partial charge in [0.2, 0.25) is 0 Å². The number of anilines is 1. The van der Waals surface area contributed by atoms with E-state index in [4.69, 9.17) is 33.7 Å². The minimum absolute atomic E-state index is 0.0640. The molecule has 210 valence electrons. The Morgan fingerprint density at radius 1 is 1.15 bits per heavy atom. The average molecular weight is 596 g/mol. The minimum atomic E-state index is -1.16. The van der Waals surface area contributed by atoms with Crippen molar-refractivity contribution in [3.8, 4) is 0 Å². The Morgan fingerprint density at radius 3 is 2.38 bits per heavy atom. The van der Waals surface area contributed by atoms with E-state index in [2.05, 4.69) is 10.3 Å². The molecule has 4 N–H and O–H groups in total. The summed E-state index contributed by atoms with van der Waals surface area (Å²) >= 11 is 13.9. The van der Waals surface area contributed by atoms with Gasteiger partial charge in [0, 0.05) is 24.4 Å². The van der Waals surface area contributed by atoms with Gasteiger partial charge in [0.1, 0.15) is 11.4 Å². The van der Waals surface area contributed by atoms with Crippen molar-refractivity contribution in [2.75, 3.05) is 23.4 Å². The van der Waals surface area contributed by atoms with Gasteiger partial charge in [-0.25, -0.2) is 9.59 Å². The lowest BCUT2D eigenvalue weighted by Crippen LogP contribution is -2.50. The molecule has 0 bridgehead atoms. The number of carbonyl (C=O) groups excluding carboxylic acids is 2. The number of aliphatic carboxylic acids is 1. The molecule has 2 aromatic carbocycles. The van der Waals surface area contributed by atoms with Gasteiger partial charge >= 0.3 is 12.1 Å². The molecule has 1 unspecified atom stereocenters. The van der Waals surface area contributed by atoms with Gasteiger partial charge in [-0.2, -0.15) is 11.8 Å². The summed E-state index contributed by atoms with van der Waals surface area (Å²) < 4.78 is 5.55. The van der Waals surface area contributed by atoms with E-state index in [-0.39, 0.29) is 27.9 Å². The van der Waals surface area contributed by atoms with Gasteiger partial charge < -0.3 is 20.9 Å². The van der Waals surface area contributed by atoms with Crippen LogP contribution in [0.1, 0.15) is 43.1 Å². The lowest BCUT2D eigenvalue weighted by molar-refractivity contribution is -0.138. The lowest BCUT2D eigenvalue weighted by Gasteiger charge is -2.32. The number of carboxylic acid groups (broad SMARTS) is 1. The summed E-state index contributed by atoms with van der Waals surface area (Å²) in [5.41, 5.74) is 6.96. The summed E-state index contributed by atoms with van der Waals surface area (Å²) in [5.74, 6) is -0.0522. The zero-order valence-electron chi connectivity index (χ0n) is 21.9. The first-order valence-corrected chi connectivity index (χ1v) is 14.2. The summed E-state index contributed by atoms with van der Waals surface area (Å²) in [4.78, 5) is 43.4. The lowest BCUT2D eigenvalue weighted by atomic mass is 10.1. The topological polar surface area (TPSA) is 134 Å². The van der Waals surface area contributed by atoms with E-state index in [9.17, 15) is 19.5 Å². The number of hydrogen-bond acceptors (Lipinski definition) is 6. The van der Waals surface area contributed by atoms with Gasteiger partial charge in [0.25, 0.3) is 5.91 Å². The van der Waals surface area contributed by atoms with Gasteiger partial charge in [0.05, 0.1) is 21.7 Å². The standard InChI is InChI=1S/C27H32Cl2N4O5S/c1-27(2,3)38-26(37)33-12-14-39-13-11-21(33)23(30)32-20(25(35)36)15-16-7-9-17(10-8-16)31-24(34)22-18(28)5-4-6-19(22)29/h4-10,20-21H,11-15H2,1-3H3,(H2,30,32)(H,31,34)(H,35,36)/t20-,21?/m0/s1. The second-order valence-electron chi connectivity index (χ2n) is 9.95. The maximum atomic E-state index is 12.9. The quantitative estimate of drug-likeness (QED) is 0.291. The molecule has 1 saturated heterocycles. The van der Waals surface area contributed by atoms with E-state index < -0.39 is 35.7 Å². The Kier molecular flexibility index (Phi) is 10.5. The Labute approximate surface area is 242 Å². The predicted molar refractivity (Wildman–Crippen MR) is 156 cm³/mol. The largest absolute Gasteiger partial charge is 0.480 e. The molecule has 1 fully saturated rings. The Balaban J connectivity index is 1.73. The van der Waals surface area contributed by atoms with E-state index in [1.807, 2.05) is 0 Å². The maximum absolute atomic E-state index is 12.9. The highest BCUT2D eigenvalue weighted by Crippen LogP contribution is 2.26. The molecule has 9 nitrogen and oxygen atoms in total. The number of ether oxygens (including phenoxy) is 1. The van der Waals surface area contributed by atoms with Crippen LogP contribution in [-0.4, -0.2) is 69.5 Å². The van der Waals surface area contributed by atoms with Crippen LogP contribution in [0.15, 0.2) is 47.5 Å². The number of rotatable bonds is 7. The van der Waals surface area contributed by atoms with Crippen LogP contribution in [0.5, 0.6) is 0 Å². The molecule has 2 atom stereocenters. The number of carboxylic acids is 1. The molecule has 3 rings (SSSR count). The summed E-state index contributed by atoms with van der Waals surface area (Å²) in [5, 5.41) is 13.1. The predicted octanol–water partition coefficient (Wildman–Crippen LogP) is 5.34. The van der Waals surface area contributed by atoms with Crippen LogP contribution in [0.3, 0.4) is 0 Å². The van der Waals surface area contributed by atoms with Gasteiger partial charge in [-0.3, -0.25) is 14.7 Å². The summed E-state index contributed by atoms with van der Waals surface area (Å²) in [6.45, 7) is 5.78. The number of nitrogens with zero attached hydrogens (tertiary/aromatic N) is 2. The van der Waals surface area contributed by atoms with Crippen LogP contribution in [0.2, 0.25) is 10.0 Å². The van der Waals surface area contributed by atoms with Crippen molar-refractivity contribution in [3.63, 3.8) is 0 Å². The number of nitrogens with one attached hydrogen (secondary N) is 1. The number of halogens is 2. The van der Waals surface area contributed by atoms with E-state index in [1.165, 1.54) is 4.90 Å². The van der Waals surface area contributed by atoms with E-state index in [1.54, 1.807) is 75.0 Å². The number of benzene rings is 2. The molecule has 1 heterocycles. The van der Waals surface area contributed by atoms with Crippen LogP contribution < -0.4 is 11.1 Å². The number of nitrogens with two attached hydrogens (primary N) is 1. The molecule has 0 aliphatic carbocycles. The fourth-order valence-corrected chi connectivity index (χ4v) is 5.42. The van der Waals surface area contributed by atoms with Crippen LogP contribution in [0.4, 0.5) is 10.5 Å². The number of aliphatic imine (C=N–C) groups is 1. The maximum Gasteiger partial charge on any atom is 0.410 e. The monoisotopic (exact) mass is 594 g/mol. The minimum Gasteiger partial charge on any atom is -0.480 e. The summed E-state index contributed by atoms with van der Waals surface area (Å²) in [7, 11) is 0. The highest BCUT2D eigenvalue weighted by atomic mass is 35.5. The molecule has 1 aliphatic heterocycles.